The van der Waals surface area contributed by atoms with Gasteiger partial charge in [0, 0.05) is 22.6 Å². The van der Waals surface area contributed by atoms with Gasteiger partial charge >= 0.3 is 0 Å². The molecule has 17 heavy (non-hydrogen) atoms. The number of hydrogen-bond acceptors (Lipinski definition) is 1. The highest BCUT2D eigenvalue weighted by Crippen LogP contribution is 2.28. The summed E-state index contributed by atoms with van der Waals surface area (Å²) in [4.78, 5) is 0. The van der Waals surface area contributed by atoms with Gasteiger partial charge < -0.3 is 5.32 Å². The van der Waals surface area contributed by atoms with Crippen molar-refractivity contribution in [1.82, 2.24) is 5.32 Å². The summed E-state index contributed by atoms with van der Waals surface area (Å²) < 4.78 is 0. The molecule has 0 bridgehead atoms. The van der Waals surface area contributed by atoms with Gasteiger partial charge in [0.05, 0.1) is 0 Å². The largest absolute Gasteiger partial charge is 0.310 e. The number of hydrogen-bond donors (Lipinski definition) is 1. The topological polar surface area (TPSA) is 12.0 Å². The lowest BCUT2D eigenvalue weighted by Crippen LogP contribution is -2.31. The molecule has 2 rings (SSSR count). The lowest BCUT2D eigenvalue weighted by atomic mass is 9.99. The standard InChI is InChI=1S/C14H19Cl2N/c1-10(11-4-2-3-5-11)17-9-12-8-13(15)6-7-14(12)16/h6-8,10-11,17H,2-5,9H2,1H3/t10-/m0/s1. The fourth-order valence-corrected chi connectivity index (χ4v) is 2.95. The van der Waals surface area contributed by atoms with E-state index in [1.54, 1.807) is 0 Å². The third kappa shape index (κ3) is 3.61. The van der Waals surface area contributed by atoms with Crippen molar-refractivity contribution in [2.75, 3.05) is 0 Å². The molecule has 1 aromatic carbocycles. The molecule has 0 heterocycles. The SMILES string of the molecule is C[C@H](NCc1cc(Cl)ccc1Cl)C1CCCC1. The van der Waals surface area contributed by atoms with Crippen LogP contribution in [-0.4, -0.2) is 6.04 Å². The van der Waals surface area contributed by atoms with E-state index in [9.17, 15) is 0 Å². The monoisotopic (exact) mass is 271 g/mol. The molecule has 3 heteroatoms. The van der Waals surface area contributed by atoms with Crippen LogP contribution in [0.1, 0.15) is 38.2 Å². The molecule has 0 saturated heterocycles. The van der Waals surface area contributed by atoms with E-state index < -0.39 is 0 Å². The van der Waals surface area contributed by atoms with E-state index in [2.05, 4.69) is 12.2 Å². The average molecular weight is 272 g/mol. The third-order valence-electron chi connectivity index (χ3n) is 3.73. The molecule has 0 unspecified atom stereocenters. The molecule has 1 N–H and O–H groups in total. The van der Waals surface area contributed by atoms with Crippen molar-refractivity contribution in [3.8, 4) is 0 Å². The van der Waals surface area contributed by atoms with Crippen molar-refractivity contribution in [3.05, 3.63) is 33.8 Å². The molecule has 1 atom stereocenters. The first-order valence-electron chi connectivity index (χ1n) is 6.34. The van der Waals surface area contributed by atoms with Crippen molar-refractivity contribution in [3.63, 3.8) is 0 Å². The van der Waals surface area contributed by atoms with E-state index in [-0.39, 0.29) is 0 Å². The quantitative estimate of drug-likeness (QED) is 0.840. The van der Waals surface area contributed by atoms with Crippen LogP contribution in [-0.2, 0) is 6.54 Å². The smallest absolute Gasteiger partial charge is 0.0451 e. The van der Waals surface area contributed by atoms with Crippen LogP contribution >= 0.6 is 23.2 Å². The average Bonchev–Trinajstić information content (AvgIpc) is 2.83. The van der Waals surface area contributed by atoms with Gasteiger partial charge in [-0.25, -0.2) is 0 Å². The van der Waals surface area contributed by atoms with Gasteiger partial charge in [0.25, 0.3) is 0 Å². The van der Waals surface area contributed by atoms with Gasteiger partial charge in [0.2, 0.25) is 0 Å². The van der Waals surface area contributed by atoms with Crippen LogP contribution in [0.25, 0.3) is 0 Å². The molecular weight excluding hydrogens is 253 g/mol. The third-order valence-corrected chi connectivity index (χ3v) is 4.33. The Morgan fingerprint density at radius 2 is 2.00 bits per heavy atom. The van der Waals surface area contributed by atoms with Gasteiger partial charge in [0.15, 0.2) is 0 Å². The summed E-state index contributed by atoms with van der Waals surface area (Å²) in [7, 11) is 0. The normalized spacial score (nSPS) is 18.5. The number of rotatable bonds is 4. The maximum Gasteiger partial charge on any atom is 0.0451 e. The lowest BCUT2D eigenvalue weighted by Gasteiger charge is -2.20. The maximum absolute atomic E-state index is 6.14. The van der Waals surface area contributed by atoms with Gasteiger partial charge in [-0.3, -0.25) is 0 Å². The molecular formula is C14H19Cl2N. The minimum Gasteiger partial charge on any atom is -0.310 e. The van der Waals surface area contributed by atoms with Crippen LogP contribution in [0.3, 0.4) is 0 Å². The van der Waals surface area contributed by atoms with Crippen molar-refractivity contribution in [2.45, 2.75) is 45.2 Å². The summed E-state index contributed by atoms with van der Waals surface area (Å²) in [6.45, 7) is 3.07. The number of halogens is 2. The second-order valence-electron chi connectivity index (χ2n) is 4.95. The van der Waals surface area contributed by atoms with Crippen molar-refractivity contribution in [2.24, 2.45) is 5.92 Å². The van der Waals surface area contributed by atoms with E-state index in [0.29, 0.717) is 6.04 Å². The van der Waals surface area contributed by atoms with Gasteiger partial charge in [-0.05, 0) is 49.4 Å². The summed E-state index contributed by atoms with van der Waals surface area (Å²) in [5, 5.41) is 5.11. The van der Waals surface area contributed by atoms with E-state index in [1.807, 2.05) is 18.2 Å². The summed E-state index contributed by atoms with van der Waals surface area (Å²) in [6.07, 6.45) is 5.48. The molecule has 1 fully saturated rings. The Morgan fingerprint density at radius 1 is 1.29 bits per heavy atom. The summed E-state index contributed by atoms with van der Waals surface area (Å²) >= 11 is 12.1. The first-order chi connectivity index (χ1) is 8.16. The van der Waals surface area contributed by atoms with Crippen LogP contribution in [0.2, 0.25) is 10.0 Å². The number of nitrogens with one attached hydrogen (secondary N) is 1. The minimum atomic E-state index is 0.563. The van der Waals surface area contributed by atoms with Crippen molar-refractivity contribution in [1.29, 1.82) is 0 Å². The van der Waals surface area contributed by atoms with Crippen LogP contribution in [0.4, 0.5) is 0 Å². The van der Waals surface area contributed by atoms with Crippen LogP contribution in [0, 0.1) is 5.92 Å². The Kier molecular flexibility index (Phi) is 4.72. The zero-order chi connectivity index (χ0) is 12.3. The zero-order valence-corrected chi connectivity index (χ0v) is 11.7. The molecule has 0 aliphatic heterocycles. The summed E-state index contributed by atoms with van der Waals surface area (Å²) in [5.74, 6) is 0.827. The zero-order valence-electron chi connectivity index (χ0n) is 10.2. The molecule has 0 spiro atoms. The second kappa shape index (κ2) is 6.08. The fraction of sp³-hybridized carbons (Fsp3) is 0.571. The van der Waals surface area contributed by atoms with Crippen LogP contribution < -0.4 is 5.32 Å². The van der Waals surface area contributed by atoms with Crippen molar-refractivity contribution >= 4 is 23.2 Å². The Labute approximate surface area is 114 Å². The Balaban J connectivity index is 1.90. The molecule has 1 aromatic rings. The fourth-order valence-electron chi connectivity index (χ4n) is 2.57. The predicted octanol–water partition coefficient (Wildman–Crippen LogP) is 4.66. The Morgan fingerprint density at radius 3 is 2.71 bits per heavy atom. The molecule has 1 aliphatic carbocycles. The highest BCUT2D eigenvalue weighted by atomic mass is 35.5. The summed E-state index contributed by atoms with van der Waals surface area (Å²) in [6, 6.07) is 6.19. The predicted molar refractivity (Wildman–Crippen MR) is 74.7 cm³/mol. The van der Waals surface area contributed by atoms with E-state index in [1.165, 1.54) is 25.7 Å². The van der Waals surface area contributed by atoms with Crippen molar-refractivity contribution < 1.29 is 0 Å². The first-order valence-corrected chi connectivity index (χ1v) is 7.09. The van der Waals surface area contributed by atoms with Crippen LogP contribution in [0.15, 0.2) is 18.2 Å². The molecule has 0 amide bonds. The lowest BCUT2D eigenvalue weighted by molar-refractivity contribution is 0.380. The van der Waals surface area contributed by atoms with Gasteiger partial charge in [-0.1, -0.05) is 36.0 Å². The summed E-state index contributed by atoms with van der Waals surface area (Å²) in [5.41, 5.74) is 1.09. The minimum absolute atomic E-state index is 0.563. The second-order valence-corrected chi connectivity index (χ2v) is 5.79. The maximum atomic E-state index is 6.14. The molecule has 1 saturated carbocycles. The van der Waals surface area contributed by atoms with Gasteiger partial charge in [-0.15, -0.1) is 0 Å². The molecule has 1 nitrogen and oxygen atoms in total. The Bertz CT molecular complexity index is 372. The molecule has 94 valence electrons. The van der Waals surface area contributed by atoms with E-state index in [4.69, 9.17) is 23.2 Å². The highest BCUT2D eigenvalue weighted by Gasteiger charge is 2.21. The van der Waals surface area contributed by atoms with Gasteiger partial charge in [-0.2, -0.15) is 0 Å². The van der Waals surface area contributed by atoms with E-state index in [0.717, 1.165) is 28.1 Å². The highest BCUT2D eigenvalue weighted by molar-refractivity contribution is 6.33. The molecule has 0 aromatic heterocycles. The van der Waals surface area contributed by atoms with Gasteiger partial charge in [0.1, 0.15) is 0 Å². The molecule has 1 aliphatic rings. The molecule has 0 radical (unpaired) electrons. The van der Waals surface area contributed by atoms with Crippen LogP contribution in [0.5, 0.6) is 0 Å². The number of benzene rings is 1. The Hall–Kier alpha value is -0.240. The van der Waals surface area contributed by atoms with E-state index >= 15 is 0 Å². The first kappa shape index (κ1) is 13.2.